The molecule has 7 nitrogen and oxygen atoms in total. The number of ether oxygens (including phenoxy) is 2. The number of aryl methyl sites for hydroxylation is 1. The lowest BCUT2D eigenvalue weighted by atomic mass is 10.1. The summed E-state index contributed by atoms with van der Waals surface area (Å²) in [5.74, 6) is 0.327. The van der Waals surface area contributed by atoms with Crippen LogP contribution in [0.2, 0.25) is 5.02 Å². The molecule has 0 atom stereocenters. The second kappa shape index (κ2) is 10.9. The molecule has 0 aromatic heterocycles. The maximum atomic E-state index is 12.4. The summed E-state index contributed by atoms with van der Waals surface area (Å²) in [6.45, 7) is 0.540. The average molecular weight is 476 g/mol. The summed E-state index contributed by atoms with van der Waals surface area (Å²) in [4.78, 5) is 10.9. The number of para-hydroxylation sites is 1. The quantitative estimate of drug-likeness (QED) is 0.392. The molecule has 0 fully saturated rings. The summed E-state index contributed by atoms with van der Waals surface area (Å²) in [5.41, 5.74) is 1.23. The monoisotopic (exact) mass is 475 g/mol. The van der Waals surface area contributed by atoms with Crippen molar-refractivity contribution in [2.24, 2.45) is 0 Å². The number of benzene rings is 3. The van der Waals surface area contributed by atoms with E-state index in [1.165, 1.54) is 24.3 Å². The first-order valence-corrected chi connectivity index (χ1v) is 11.6. The van der Waals surface area contributed by atoms with Gasteiger partial charge in [0.2, 0.25) is 0 Å². The van der Waals surface area contributed by atoms with Crippen LogP contribution in [0.25, 0.3) is 0 Å². The summed E-state index contributed by atoms with van der Waals surface area (Å²) in [7, 11) is -3.72. The van der Waals surface area contributed by atoms with Crippen molar-refractivity contribution >= 4 is 33.3 Å². The number of halogens is 1. The molecule has 0 saturated heterocycles. The molecule has 0 heterocycles. The van der Waals surface area contributed by atoms with E-state index in [0.717, 1.165) is 5.56 Å². The number of sulfonamides is 1. The Morgan fingerprint density at radius 1 is 0.906 bits per heavy atom. The van der Waals surface area contributed by atoms with Crippen molar-refractivity contribution in [3.05, 3.63) is 83.4 Å². The Bertz CT molecular complexity index is 1150. The zero-order valence-corrected chi connectivity index (χ0v) is 18.6. The van der Waals surface area contributed by atoms with Crippen molar-refractivity contribution in [3.8, 4) is 11.5 Å². The van der Waals surface area contributed by atoms with E-state index in [4.69, 9.17) is 26.2 Å². The van der Waals surface area contributed by atoms with Gasteiger partial charge in [0.05, 0.1) is 4.90 Å². The van der Waals surface area contributed by atoms with Gasteiger partial charge in [-0.25, -0.2) is 8.42 Å². The fourth-order valence-corrected chi connectivity index (χ4v) is 4.04. The van der Waals surface area contributed by atoms with E-state index >= 15 is 0 Å². The van der Waals surface area contributed by atoms with E-state index in [0.29, 0.717) is 28.6 Å². The van der Waals surface area contributed by atoms with Crippen molar-refractivity contribution in [2.75, 3.05) is 17.9 Å². The van der Waals surface area contributed by atoms with E-state index in [1.807, 2.05) is 18.2 Å². The van der Waals surface area contributed by atoms with Gasteiger partial charge < -0.3 is 14.6 Å². The summed E-state index contributed by atoms with van der Waals surface area (Å²) >= 11 is 5.80. The molecule has 0 saturated carbocycles. The molecular weight excluding hydrogens is 454 g/mol. The van der Waals surface area contributed by atoms with Crippen LogP contribution in [-0.4, -0.2) is 32.7 Å². The first kappa shape index (κ1) is 23.4. The van der Waals surface area contributed by atoms with Crippen molar-refractivity contribution < 1.29 is 27.8 Å². The molecular formula is C23H22ClNO6S. The van der Waals surface area contributed by atoms with E-state index in [9.17, 15) is 13.2 Å². The summed E-state index contributed by atoms with van der Waals surface area (Å²) < 4.78 is 38.7. The van der Waals surface area contributed by atoms with Crippen molar-refractivity contribution in [1.29, 1.82) is 0 Å². The van der Waals surface area contributed by atoms with E-state index < -0.39 is 16.0 Å². The maximum Gasteiger partial charge on any atom is 0.303 e. The Balaban J connectivity index is 1.49. The fraction of sp³-hybridized carbons (Fsp3) is 0.174. The minimum atomic E-state index is -3.72. The molecule has 0 radical (unpaired) electrons. The Hall–Kier alpha value is -3.23. The minimum Gasteiger partial charge on any atom is -0.490 e. The highest BCUT2D eigenvalue weighted by molar-refractivity contribution is 7.92. The average Bonchev–Trinajstić information content (AvgIpc) is 2.77. The fourth-order valence-electron chi connectivity index (χ4n) is 2.85. The molecule has 32 heavy (non-hydrogen) atoms. The van der Waals surface area contributed by atoms with Gasteiger partial charge in [-0.3, -0.25) is 9.52 Å². The normalized spacial score (nSPS) is 11.0. The first-order chi connectivity index (χ1) is 15.3. The number of carboxylic acids is 1. The summed E-state index contributed by atoms with van der Waals surface area (Å²) in [6.07, 6.45) is 0.421. The van der Waals surface area contributed by atoms with Crippen LogP contribution >= 0.6 is 11.6 Å². The van der Waals surface area contributed by atoms with Gasteiger partial charge in [0.25, 0.3) is 10.0 Å². The van der Waals surface area contributed by atoms with Gasteiger partial charge in [-0.1, -0.05) is 29.8 Å². The lowest BCUT2D eigenvalue weighted by Gasteiger charge is -2.12. The second-order valence-corrected chi connectivity index (χ2v) is 8.90. The second-order valence-electron chi connectivity index (χ2n) is 6.78. The van der Waals surface area contributed by atoms with Crippen LogP contribution in [0.15, 0.2) is 77.7 Å². The molecule has 2 N–H and O–H groups in total. The number of anilines is 1. The van der Waals surface area contributed by atoms with Crippen LogP contribution in [0, 0.1) is 0 Å². The first-order valence-electron chi connectivity index (χ1n) is 9.77. The van der Waals surface area contributed by atoms with Crippen LogP contribution in [0.3, 0.4) is 0 Å². The van der Waals surface area contributed by atoms with Gasteiger partial charge >= 0.3 is 5.97 Å². The van der Waals surface area contributed by atoms with Gasteiger partial charge in [-0.15, -0.1) is 0 Å². The molecule has 3 rings (SSSR count). The number of hydrogen-bond donors (Lipinski definition) is 2. The minimum absolute atomic E-state index is 0.0327. The van der Waals surface area contributed by atoms with Gasteiger partial charge in [-0.2, -0.15) is 0 Å². The zero-order valence-electron chi connectivity index (χ0n) is 17.0. The molecule has 3 aromatic carbocycles. The third kappa shape index (κ3) is 6.90. The Kier molecular flexibility index (Phi) is 7.97. The molecule has 9 heteroatoms. The lowest BCUT2D eigenvalue weighted by Crippen LogP contribution is -2.13. The predicted octanol–water partition coefficient (Wildman–Crippen LogP) is 4.62. The molecule has 0 aliphatic rings. The molecule has 0 bridgehead atoms. The third-order valence-corrected chi connectivity index (χ3v) is 6.07. The highest BCUT2D eigenvalue weighted by Crippen LogP contribution is 2.22. The molecule has 3 aromatic rings. The molecule has 0 unspecified atom stereocenters. The Morgan fingerprint density at radius 3 is 2.25 bits per heavy atom. The molecule has 0 spiro atoms. The highest BCUT2D eigenvalue weighted by Gasteiger charge is 2.14. The molecule has 0 aliphatic carbocycles. The number of aliphatic carboxylic acids is 1. The third-order valence-electron chi connectivity index (χ3n) is 4.42. The highest BCUT2D eigenvalue weighted by atomic mass is 35.5. The van der Waals surface area contributed by atoms with Crippen LogP contribution in [0.5, 0.6) is 11.5 Å². The van der Waals surface area contributed by atoms with E-state index in [2.05, 4.69) is 4.72 Å². The van der Waals surface area contributed by atoms with Gasteiger partial charge in [0, 0.05) is 17.1 Å². The Labute approximate surface area is 191 Å². The van der Waals surface area contributed by atoms with Crippen LogP contribution in [0.4, 0.5) is 5.69 Å². The number of carboxylic acid groups (broad SMARTS) is 1. The van der Waals surface area contributed by atoms with Crippen molar-refractivity contribution in [1.82, 2.24) is 0 Å². The van der Waals surface area contributed by atoms with Crippen LogP contribution in [-0.2, 0) is 21.2 Å². The van der Waals surface area contributed by atoms with Gasteiger partial charge in [-0.05, 0) is 66.6 Å². The SMILES string of the molecule is O=C(O)CCc1ccccc1OCCOc1ccc(NS(=O)(=O)c2ccc(Cl)cc2)cc1. The van der Waals surface area contributed by atoms with E-state index in [-0.39, 0.29) is 24.5 Å². The van der Waals surface area contributed by atoms with Gasteiger partial charge in [0.15, 0.2) is 0 Å². The zero-order chi connectivity index (χ0) is 23.0. The standard InChI is InChI=1S/C23H22ClNO6S/c24-18-6-12-21(13-7-18)32(28,29)25-19-8-10-20(11-9-19)30-15-16-31-22-4-2-1-3-17(22)5-14-23(26)27/h1-4,6-13,25H,5,14-16H2,(H,26,27). The summed E-state index contributed by atoms with van der Waals surface area (Å²) in [6, 6.07) is 19.7. The largest absolute Gasteiger partial charge is 0.490 e. The number of hydrogen-bond acceptors (Lipinski definition) is 5. The number of rotatable bonds is 11. The van der Waals surface area contributed by atoms with Crippen molar-refractivity contribution in [3.63, 3.8) is 0 Å². The number of carbonyl (C=O) groups is 1. The molecule has 0 amide bonds. The molecule has 0 aliphatic heterocycles. The lowest BCUT2D eigenvalue weighted by molar-refractivity contribution is -0.136. The molecule has 168 valence electrons. The number of nitrogens with one attached hydrogen (secondary N) is 1. The van der Waals surface area contributed by atoms with Crippen LogP contribution < -0.4 is 14.2 Å². The topological polar surface area (TPSA) is 102 Å². The van der Waals surface area contributed by atoms with Crippen LogP contribution in [0.1, 0.15) is 12.0 Å². The van der Waals surface area contributed by atoms with Gasteiger partial charge in [0.1, 0.15) is 24.7 Å². The smallest absolute Gasteiger partial charge is 0.303 e. The van der Waals surface area contributed by atoms with Crippen molar-refractivity contribution in [2.45, 2.75) is 17.7 Å². The summed E-state index contributed by atoms with van der Waals surface area (Å²) in [5, 5.41) is 9.31. The predicted molar refractivity (Wildman–Crippen MR) is 122 cm³/mol. The maximum absolute atomic E-state index is 12.4. The van der Waals surface area contributed by atoms with E-state index in [1.54, 1.807) is 30.3 Å². The Morgan fingerprint density at radius 2 is 1.56 bits per heavy atom.